The van der Waals surface area contributed by atoms with E-state index in [0.29, 0.717) is 0 Å². The van der Waals surface area contributed by atoms with Gasteiger partial charge in [-0.05, 0) is 87.0 Å². The Morgan fingerprint density at radius 1 is 0.410 bits per heavy atom. The predicted molar refractivity (Wildman–Crippen MR) is 163 cm³/mol. The molecule has 0 atom stereocenters. The van der Waals surface area contributed by atoms with Gasteiger partial charge >= 0.3 is 0 Å². The topological polar surface area (TPSA) is 37.0 Å². The Bertz CT molecular complexity index is 1910. The normalized spacial score (nSPS) is 11.2. The first kappa shape index (κ1) is 22.9. The molecule has 7 aromatic rings. The first-order valence-electron chi connectivity index (χ1n) is 13.1. The summed E-state index contributed by atoms with van der Waals surface area (Å²) in [7, 11) is 0. The highest BCUT2D eigenvalue weighted by Gasteiger charge is 2.12. The summed E-state index contributed by atoms with van der Waals surface area (Å²) in [6.45, 7) is 0. The Labute approximate surface area is 227 Å². The third-order valence-electron chi connectivity index (χ3n) is 7.36. The summed E-state index contributed by atoms with van der Waals surface area (Å²) in [4.78, 5) is 0. The molecule has 0 amide bonds. The molecule has 0 saturated heterocycles. The van der Waals surface area contributed by atoms with E-state index in [1.807, 2.05) is 24.3 Å². The fourth-order valence-corrected chi connectivity index (χ4v) is 5.42. The van der Waals surface area contributed by atoms with Crippen LogP contribution in [-0.4, -0.2) is 6.21 Å². The van der Waals surface area contributed by atoms with Crippen molar-refractivity contribution in [3.63, 3.8) is 0 Å². The van der Waals surface area contributed by atoms with Gasteiger partial charge in [-0.1, -0.05) is 97.1 Å². The van der Waals surface area contributed by atoms with Crippen LogP contribution in [0.2, 0.25) is 0 Å². The molecular formula is C37H25NO. The molecule has 1 aromatic heterocycles. The van der Waals surface area contributed by atoms with Crippen LogP contribution in [0.15, 0.2) is 144 Å². The summed E-state index contributed by atoms with van der Waals surface area (Å²) >= 11 is 0. The van der Waals surface area contributed by atoms with Crippen LogP contribution in [0.25, 0.3) is 66.4 Å². The first-order valence-corrected chi connectivity index (χ1v) is 13.1. The van der Waals surface area contributed by atoms with E-state index in [0.717, 1.165) is 38.6 Å². The van der Waals surface area contributed by atoms with E-state index in [-0.39, 0.29) is 0 Å². The fourth-order valence-electron chi connectivity index (χ4n) is 5.42. The number of nitrogens with one attached hydrogen (secondary N) is 1. The summed E-state index contributed by atoms with van der Waals surface area (Å²) in [5.41, 5.74) is 11.9. The Kier molecular flexibility index (Phi) is 5.64. The zero-order chi connectivity index (χ0) is 26.2. The van der Waals surface area contributed by atoms with Gasteiger partial charge in [-0.3, -0.25) is 0 Å². The SMILES string of the molecule is N=Cc1cccc2oc3ccc(-c4cccc(-c5cc(-c6ccccc6)cc(-c6ccccc6)c5)c4)cc3c12. The molecule has 2 heteroatoms. The minimum absolute atomic E-state index is 0.808. The minimum Gasteiger partial charge on any atom is -0.456 e. The highest BCUT2D eigenvalue weighted by atomic mass is 16.3. The van der Waals surface area contributed by atoms with Crippen molar-refractivity contribution in [1.29, 1.82) is 5.41 Å². The van der Waals surface area contributed by atoms with Crippen molar-refractivity contribution in [2.75, 3.05) is 0 Å². The second kappa shape index (κ2) is 9.59. The molecule has 0 aliphatic carbocycles. The summed E-state index contributed by atoms with van der Waals surface area (Å²) in [6.07, 6.45) is 1.40. The molecule has 0 saturated carbocycles. The molecule has 0 bridgehead atoms. The van der Waals surface area contributed by atoms with Crippen LogP contribution in [0.3, 0.4) is 0 Å². The Morgan fingerprint density at radius 2 is 0.923 bits per heavy atom. The molecule has 0 unspecified atom stereocenters. The van der Waals surface area contributed by atoms with Gasteiger partial charge in [0.1, 0.15) is 11.2 Å². The Morgan fingerprint density at radius 3 is 1.56 bits per heavy atom. The van der Waals surface area contributed by atoms with E-state index in [9.17, 15) is 0 Å². The minimum atomic E-state index is 0.808. The number of hydrogen-bond donors (Lipinski definition) is 1. The monoisotopic (exact) mass is 499 g/mol. The molecule has 7 rings (SSSR count). The van der Waals surface area contributed by atoms with Crippen molar-refractivity contribution < 1.29 is 4.42 Å². The van der Waals surface area contributed by atoms with Gasteiger partial charge in [0.15, 0.2) is 0 Å². The van der Waals surface area contributed by atoms with Crippen LogP contribution in [0.1, 0.15) is 5.56 Å². The summed E-state index contributed by atoms with van der Waals surface area (Å²) < 4.78 is 6.09. The van der Waals surface area contributed by atoms with Gasteiger partial charge in [0, 0.05) is 22.6 Å². The molecule has 0 aliphatic heterocycles. The highest BCUT2D eigenvalue weighted by Crippen LogP contribution is 2.37. The number of hydrogen-bond acceptors (Lipinski definition) is 2. The maximum Gasteiger partial charge on any atom is 0.136 e. The van der Waals surface area contributed by atoms with Gasteiger partial charge in [0.2, 0.25) is 0 Å². The van der Waals surface area contributed by atoms with Crippen LogP contribution < -0.4 is 0 Å². The second-order valence-electron chi connectivity index (χ2n) is 9.79. The van der Waals surface area contributed by atoms with Crippen molar-refractivity contribution in [1.82, 2.24) is 0 Å². The van der Waals surface area contributed by atoms with E-state index in [4.69, 9.17) is 9.83 Å². The van der Waals surface area contributed by atoms with Gasteiger partial charge in [-0.15, -0.1) is 0 Å². The molecule has 39 heavy (non-hydrogen) atoms. The van der Waals surface area contributed by atoms with E-state index < -0.39 is 0 Å². The molecule has 0 aliphatic rings. The Hall–Kier alpha value is -5.21. The van der Waals surface area contributed by atoms with Gasteiger partial charge < -0.3 is 9.83 Å². The maximum atomic E-state index is 7.87. The van der Waals surface area contributed by atoms with Gasteiger partial charge in [-0.25, -0.2) is 0 Å². The van der Waals surface area contributed by atoms with Crippen LogP contribution in [0.4, 0.5) is 0 Å². The number of benzene rings is 6. The molecule has 184 valence electrons. The standard InChI is InChI=1S/C37H25NO/c38-24-30-15-8-16-36-37(30)34-23-29(17-18-35(34)39-36)27-13-7-14-28(19-27)33-21-31(25-9-3-1-4-10-25)20-32(22-33)26-11-5-2-6-12-26/h1-24,38H. The lowest BCUT2D eigenvalue weighted by atomic mass is 9.92. The third-order valence-corrected chi connectivity index (χ3v) is 7.36. The number of fused-ring (bicyclic) bond motifs is 3. The summed E-state index contributed by atoms with van der Waals surface area (Å²) in [5, 5.41) is 9.89. The van der Waals surface area contributed by atoms with Gasteiger partial charge in [-0.2, -0.15) is 0 Å². The van der Waals surface area contributed by atoms with Crippen molar-refractivity contribution in [2.24, 2.45) is 0 Å². The summed E-state index contributed by atoms with van der Waals surface area (Å²) in [5.74, 6) is 0. The molecule has 0 fully saturated rings. The number of furan rings is 1. The van der Waals surface area contributed by atoms with Crippen LogP contribution in [-0.2, 0) is 0 Å². The molecule has 2 nitrogen and oxygen atoms in total. The third kappa shape index (κ3) is 4.22. The van der Waals surface area contributed by atoms with Gasteiger partial charge in [0.05, 0.1) is 0 Å². The second-order valence-corrected chi connectivity index (χ2v) is 9.79. The highest BCUT2D eigenvalue weighted by molar-refractivity contribution is 6.13. The van der Waals surface area contributed by atoms with Crippen LogP contribution in [0.5, 0.6) is 0 Å². The molecule has 0 radical (unpaired) electrons. The zero-order valence-electron chi connectivity index (χ0n) is 21.3. The van der Waals surface area contributed by atoms with Crippen LogP contribution in [0, 0.1) is 5.41 Å². The average Bonchev–Trinajstić information content (AvgIpc) is 3.40. The van der Waals surface area contributed by atoms with Crippen molar-refractivity contribution in [3.8, 4) is 44.5 Å². The predicted octanol–water partition coefficient (Wildman–Crippen LogP) is 10.3. The van der Waals surface area contributed by atoms with Crippen molar-refractivity contribution >= 4 is 28.2 Å². The summed E-state index contributed by atoms with van der Waals surface area (Å²) in [6, 6.07) is 48.9. The molecule has 0 spiro atoms. The maximum absolute atomic E-state index is 7.87. The lowest BCUT2D eigenvalue weighted by molar-refractivity contribution is 0.669. The van der Waals surface area contributed by atoms with E-state index >= 15 is 0 Å². The molecule has 1 heterocycles. The van der Waals surface area contributed by atoms with E-state index in [2.05, 4.69) is 115 Å². The lowest BCUT2D eigenvalue weighted by Crippen LogP contribution is -1.87. The quantitative estimate of drug-likeness (QED) is 0.235. The van der Waals surface area contributed by atoms with E-state index in [1.165, 1.54) is 39.6 Å². The molecule has 1 N–H and O–H groups in total. The smallest absolute Gasteiger partial charge is 0.136 e. The Balaban J connectivity index is 1.37. The number of rotatable bonds is 5. The largest absolute Gasteiger partial charge is 0.456 e. The lowest BCUT2D eigenvalue weighted by Gasteiger charge is -2.12. The fraction of sp³-hybridized carbons (Fsp3) is 0. The first-order chi connectivity index (χ1) is 19.3. The average molecular weight is 500 g/mol. The van der Waals surface area contributed by atoms with Crippen molar-refractivity contribution in [2.45, 2.75) is 0 Å². The van der Waals surface area contributed by atoms with Gasteiger partial charge in [0.25, 0.3) is 0 Å². The van der Waals surface area contributed by atoms with Crippen molar-refractivity contribution in [3.05, 3.63) is 145 Å². The van der Waals surface area contributed by atoms with Crippen LogP contribution >= 0.6 is 0 Å². The zero-order valence-corrected chi connectivity index (χ0v) is 21.3. The van der Waals surface area contributed by atoms with E-state index in [1.54, 1.807) is 0 Å². The molecule has 6 aromatic carbocycles. The molecular weight excluding hydrogens is 474 g/mol.